The summed E-state index contributed by atoms with van der Waals surface area (Å²) in [7, 11) is 3.51. The number of likely N-dealkylation sites (N-methyl/N-ethyl adjacent to an activating group) is 1. The number of benzene rings is 1. The molecule has 0 fully saturated rings. The third-order valence-electron chi connectivity index (χ3n) is 3.93. The van der Waals surface area contributed by atoms with Crippen LogP contribution in [0.3, 0.4) is 0 Å². The van der Waals surface area contributed by atoms with E-state index in [-0.39, 0.29) is 5.91 Å². The molecule has 0 saturated carbocycles. The van der Waals surface area contributed by atoms with E-state index in [2.05, 4.69) is 19.1 Å². The summed E-state index contributed by atoms with van der Waals surface area (Å²) in [5, 5.41) is 0. The van der Waals surface area contributed by atoms with Crippen LogP contribution in [-0.4, -0.2) is 37.0 Å². The van der Waals surface area contributed by atoms with Crippen molar-refractivity contribution in [2.75, 3.05) is 20.7 Å². The number of amides is 1. The maximum atomic E-state index is 12.4. The molecule has 1 amide bonds. The highest BCUT2D eigenvalue weighted by atomic mass is 16.5. The third-order valence-corrected chi connectivity index (χ3v) is 3.93. The van der Waals surface area contributed by atoms with E-state index in [9.17, 15) is 4.79 Å². The lowest BCUT2D eigenvalue weighted by Gasteiger charge is -2.30. The van der Waals surface area contributed by atoms with Crippen LogP contribution >= 0.6 is 0 Å². The molecule has 0 saturated heterocycles. The van der Waals surface area contributed by atoms with Gasteiger partial charge < -0.3 is 15.4 Å². The average Bonchev–Trinajstić information content (AvgIpc) is 2.47. The Morgan fingerprint density at radius 2 is 1.95 bits per heavy atom. The monoisotopic (exact) mass is 306 g/mol. The summed E-state index contributed by atoms with van der Waals surface area (Å²) in [4.78, 5) is 14.2. The lowest BCUT2D eigenvalue weighted by atomic mass is 9.94. The van der Waals surface area contributed by atoms with Crippen molar-refractivity contribution in [2.24, 2.45) is 11.7 Å². The summed E-state index contributed by atoms with van der Waals surface area (Å²) in [6.07, 6.45) is 2.55. The van der Waals surface area contributed by atoms with Gasteiger partial charge in [0.15, 0.2) is 0 Å². The van der Waals surface area contributed by atoms with Gasteiger partial charge in [-0.05, 0) is 43.4 Å². The summed E-state index contributed by atoms with van der Waals surface area (Å²) in [5.74, 6) is 1.26. The molecular formula is C18H30N2O2. The van der Waals surface area contributed by atoms with E-state index in [4.69, 9.17) is 10.5 Å². The number of rotatable bonds is 8. The van der Waals surface area contributed by atoms with Crippen LogP contribution in [0.2, 0.25) is 0 Å². The number of carbonyl (C=O) groups excluding carboxylic acids is 1. The van der Waals surface area contributed by atoms with Gasteiger partial charge in [-0.1, -0.05) is 32.4 Å². The maximum Gasteiger partial charge on any atom is 0.242 e. The molecule has 124 valence electrons. The summed E-state index contributed by atoms with van der Waals surface area (Å²) in [5.41, 5.74) is 6.61. The number of carbonyl (C=O) groups is 1. The molecule has 1 aromatic carbocycles. The molecule has 2 N–H and O–H groups in total. The van der Waals surface area contributed by atoms with Crippen LogP contribution in [0.4, 0.5) is 0 Å². The van der Waals surface area contributed by atoms with Crippen LogP contribution in [0.5, 0.6) is 5.75 Å². The van der Waals surface area contributed by atoms with Crippen molar-refractivity contribution in [3.63, 3.8) is 0 Å². The molecule has 0 radical (unpaired) electrons. The van der Waals surface area contributed by atoms with Crippen molar-refractivity contribution < 1.29 is 9.53 Å². The van der Waals surface area contributed by atoms with Crippen molar-refractivity contribution >= 4 is 5.91 Å². The fraction of sp³-hybridized carbons (Fsp3) is 0.611. The molecule has 2 unspecified atom stereocenters. The first-order chi connectivity index (χ1) is 10.3. The highest BCUT2D eigenvalue weighted by Gasteiger charge is 2.30. The van der Waals surface area contributed by atoms with E-state index in [0.717, 1.165) is 18.6 Å². The summed E-state index contributed by atoms with van der Waals surface area (Å²) < 4.78 is 5.16. The highest BCUT2D eigenvalue weighted by Crippen LogP contribution is 2.17. The number of hydrogen-bond donors (Lipinski definition) is 1. The van der Waals surface area contributed by atoms with Crippen LogP contribution in [-0.2, 0) is 11.2 Å². The van der Waals surface area contributed by atoms with Gasteiger partial charge in [-0.15, -0.1) is 0 Å². The first kappa shape index (κ1) is 18.5. The van der Waals surface area contributed by atoms with Gasteiger partial charge in [0.1, 0.15) is 5.75 Å². The number of nitrogens with zero attached hydrogens (tertiary/aromatic N) is 1. The van der Waals surface area contributed by atoms with E-state index in [0.29, 0.717) is 18.9 Å². The molecule has 2 atom stereocenters. The molecule has 0 aromatic heterocycles. The molecule has 0 aliphatic rings. The van der Waals surface area contributed by atoms with Gasteiger partial charge in [0.25, 0.3) is 0 Å². The van der Waals surface area contributed by atoms with Gasteiger partial charge in [0, 0.05) is 13.6 Å². The Morgan fingerprint density at radius 1 is 1.36 bits per heavy atom. The predicted molar refractivity (Wildman–Crippen MR) is 91.0 cm³/mol. The van der Waals surface area contributed by atoms with Gasteiger partial charge in [-0.25, -0.2) is 0 Å². The Labute approximate surface area is 134 Å². The van der Waals surface area contributed by atoms with E-state index in [1.807, 2.05) is 33.0 Å². The second-order valence-corrected chi connectivity index (χ2v) is 6.51. The smallest absolute Gasteiger partial charge is 0.242 e. The van der Waals surface area contributed by atoms with E-state index in [1.54, 1.807) is 12.0 Å². The van der Waals surface area contributed by atoms with Gasteiger partial charge in [0.05, 0.1) is 12.6 Å². The van der Waals surface area contributed by atoms with E-state index >= 15 is 0 Å². The molecular weight excluding hydrogens is 276 g/mol. The zero-order chi connectivity index (χ0) is 16.8. The minimum Gasteiger partial charge on any atom is -0.497 e. The molecule has 1 aromatic rings. The molecule has 0 bridgehead atoms. The SMILES string of the molecule is CCCC(C)(N)C(=O)N(C)CC(C)Cc1ccc(OC)cc1. The van der Waals surface area contributed by atoms with Crippen LogP contribution in [0.25, 0.3) is 0 Å². The van der Waals surface area contributed by atoms with Crippen molar-refractivity contribution in [2.45, 2.75) is 45.6 Å². The second-order valence-electron chi connectivity index (χ2n) is 6.51. The summed E-state index contributed by atoms with van der Waals surface area (Å²) in [6.45, 7) is 6.73. The van der Waals surface area contributed by atoms with Crippen molar-refractivity contribution in [1.29, 1.82) is 0 Å². The van der Waals surface area contributed by atoms with Gasteiger partial charge in [-0.2, -0.15) is 0 Å². The molecule has 0 heterocycles. The van der Waals surface area contributed by atoms with Gasteiger partial charge in [-0.3, -0.25) is 4.79 Å². The summed E-state index contributed by atoms with van der Waals surface area (Å²) >= 11 is 0. The Balaban J connectivity index is 2.56. The minimum absolute atomic E-state index is 0.0240. The Morgan fingerprint density at radius 3 is 2.45 bits per heavy atom. The lowest BCUT2D eigenvalue weighted by molar-refractivity contribution is -0.135. The van der Waals surface area contributed by atoms with Crippen LogP contribution in [0.1, 0.15) is 39.2 Å². The van der Waals surface area contributed by atoms with E-state index < -0.39 is 5.54 Å². The maximum absolute atomic E-state index is 12.4. The fourth-order valence-electron chi connectivity index (χ4n) is 2.84. The van der Waals surface area contributed by atoms with Crippen molar-refractivity contribution in [3.05, 3.63) is 29.8 Å². The van der Waals surface area contributed by atoms with Crippen LogP contribution < -0.4 is 10.5 Å². The van der Waals surface area contributed by atoms with Gasteiger partial charge in [0.2, 0.25) is 5.91 Å². The lowest BCUT2D eigenvalue weighted by Crippen LogP contribution is -2.52. The zero-order valence-electron chi connectivity index (χ0n) is 14.6. The predicted octanol–water partition coefficient (Wildman–Crippen LogP) is 2.85. The zero-order valence-corrected chi connectivity index (χ0v) is 14.6. The fourth-order valence-corrected chi connectivity index (χ4v) is 2.84. The third kappa shape index (κ3) is 5.34. The number of hydrogen-bond acceptors (Lipinski definition) is 3. The normalized spacial score (nSPS) is 15.0. The van der Waals surface area contributed by atoms with Crippen LogP contribution in [0.15, 0.2) is 24.3 Å². The second kappa shape index (κ2) is 8.18. The molecule has 22 heavy (non-hydrogen) atoms. The average molecular weight is 306 g/mol. The highest BCUT2D eigenvalue weighted by molar-refractivity contribution is 5.85. The van der Waals surface area contributed by atoms with E-state index in [1.165, 1.54) is 5.56 Å². The largest absolute Gasteiger partial charge is 0.497 e. The van der Waals surface area contributed by atoms with Gasteiger partial charge >= 0.3 is 0 Å². The minimum atomic E-state index is -0.761. The molecule has 4 nitrogen and oxygen atoms in total. The molecule has 4 heteroatoms. The molecule has 0 aliphatic heterocycles. The quantitative estimate of drug-likeness (QED) is 0.803. The van der Waals surface area contributed by atoms with Crippen molar-refractivity contribution in [1.82, 2.24) is 4.90 Å². The van der Waals surface area contributed by atoms with Crippen LogP contribution in [0, 0.1) is 5.92 Å². The van der Waals surface area contributed by atoms with Crippen molar-refractivity contribution in [3.8, 4) is 5.75 Å². The number of ether oxygens (including phenoxy) is 1. The Hall–Kier alpha value is -1.55. The first-order valence-electron chi connectivity index (χ1n) is 7.97. The molecule has 0 aliphatic carbocycles. The Bertz CT molecular complexity index is 468. The number of nitrogens with two attached hydrogens (primary N) is 1. The summed E-state index contributed by atoms with van der Waals surface area (Å²) in [6, 6.07) is 8.08. The topological polar surface area (TPSA) is 55.6 Å². The molecule has 1 rings (SSSR count). The first-order valence-corrected chi connectivity index (χ1v) is 7.97. The number of methoxy groups -OCH3 is 1. The Kier molecular flexibility index (Phi) is 6.88. The standard InChI is InChI=1S/C18H30N2O2/c1-6-11-18(3,19)17(21)20(4)13-14(2)12-15-7-9-16(22-5)10-8-15/h7-10,14H,6,11-13,19H2,1-5H3. The molecule has 0 spiro atoms.